The molecule has 124 valence electrons. The predicted octanol–water partition coefficient (Wildman–Crippen LogP) is 3.60. The summed E-state index contributed by atoms with van der Waals surface area (Å²) >= 11 is 1.62. The van der Waals surface area contributed by atoms with Crippen LogP contribution in [0.3, 0.4) is 0 Å². The Balaban J connectivity index is 2.03. The van der Waals surface area contributed by atoms with E-state index in [1.807, 2.05) is 60.0 Å². The molecule has 0 radical (unpaired) electrons. The second kappa shape index (κ2) is 6.97. The molecule has 6 heteroatoms. The molecule has 3 rings (SSSR count). The largest absolute Gasteiger partial charge is 0.469 e. The smallest absolute Gasteiger partial charge is 0.310 e. The van der Waals surface area contributed by atoms with Gasteiger partial charge in [-0.1, -0.05) is 19.1 Å². The summed E-state index contributed by atoms with van der Waals surface area (Å²) in [4.78, 5) is 23.1. The maximum absolute atomic E-state index is 11.7. The molecule has 0 aliphatic rings. The Labute approximate surface area is 144 Å². The zero-order chi connectivity index (χ0) is 17.1. The van der Waals surface area contributed by atoms with Crippen LogP contribution in [0.4, 0.5) is 5.82 Å². The highest BCUT2D eigenvalue weighted by molar-refractivity contribution is 7.08. The summed E-state index contributed by atoms with van der Waals surface area (Å²) in [5.74, 6) is 1.05. The van der Waals surface area contributed by atoms with Crippen molar-refractivity contribution >= 4 is 34.0 Å². The van der Waals surface area contributed by atoms with E-state index in [4.69, 9.17) is 9.72 Å². The van der Waals surface area contributed by atoms with E-state index in [2.05, 4.69) is 4.98 Å². The van der Waals surface area contributed by atoms with Crippen molar-refractivity contribution in [3.63, 3.8) is 0 Å². The molecule has 1 aromatic carbocycles. The van der Waals surface area contributed by atoms with E-state index in [1.54, 1.807) is 11.3 Å². The van der Waals surface area contributed by atoms with Gasteiger partial charge in [0.1, 0.15) is 5.82 Å². The van der Waals surface area contributed by atoms with Crippen LogP contribution < -0.4 is 4.90 Å². The maximum Gasteiger partial charge on any atom is 0.310 e. The van der Waals surface area contributed by atoms with E-state index in [-0.39, 0.29) is 11.9 Å². The number of aromatic nitrogens is 2. The Morgan fingerprint density at radius 1 is 1.29 bits per heavy atom. The van der Waals surface area contributed by atoms with Gasteiger partial charge in [0.15, 0.2) is 5.82 Å². The third-order valence-electron chi connectivity index (χ3n) is 3.88. The van der Waals surface area contributed by atoms with Crippen LogP contribution in [0.2, 0.25) is 0 Å². The summed E-state index contributed by atoms with van der Waals surface area (Å²) in [5, 5.41) is 5.01. The Morgan fingerprint density at radius 3 is 2.79 bits per heavy atom. The average Bonchev–Trinajstić information content (AvgIpc) is 3.14. The number of rotatable bonds is 5. The van der Waals surface area contributed by atoms with Gasteiger partial charge in [0, 0.05) is 29.9 Å². The fourth-order valence-electron chi connectivity index (χ4n) is 2.64. The Kier molecular flexibility index (Phi) is 4.76. The number of hydrogen-bond acceptors (Lipinski definition) is 6. The fourth-order valence-corrected chi connectivity index (χ4v) is 3.28. The summed E-state index contributed by atoms with van der Waals surface area (Å²) in [7, 11) is 3.35. The van der Waals surface area contributed by atoms with Gasteiger partial charge in [-0.25, -0.2) is 9.97 Å². The van der Waals surface area contributed by atoms with Crippen LogP contribution in [0.1, 0.15) is 6.92 Å². The number of thiophene rings is 1. The molecule has 0 spiro atoms. The van der Waals surface area contributed by atoms with Crippen molar-refractivity contribution in [3.8, 4) is 11.4 Å². The Bertz CT molecular complexity index is 849. The van der Waals surface area contributed by atoms with Crippen molar-refractivity contribution < 1.29 is 9.53 Å². The van der Waals surface area contributed by atoms with Gasteiger partial charge in [-0.3, -0.25) is 4.79 Å². The third-order valence-corrected chi connectivity index (χ3v) is 4.56. The van der Waals surface area contributed by atoms with Gasteiger partial charge in [0.2, 0.25) is 0 Å². The highest BCUT2D eigenvalue weighted by atomic mass is 32.1. The molecule has 2 heterocycles. The topological polar surface area (TPSA) is 55.3 Å². The zero-order valence-electron chi connectivity index (χ0n) is 13.9. The molecule has 3 aromatic rings. The lowest BCUT2D eigenvalue weighted by atomic mass is 10.1. The molecule has 0 amide bonds. The molecule has 0 bridgehead atoms. The monoisotopic (exact) mass is 341 g/mol. The second-order valence-electron chi connectivity index (χ2n) is 5.70. The molecule has 0 saturated carbocycles. The minimum atomic E-state index is -0.238. The first kappa shape index (κ1) is 16.4. The first-order valence-electron chi connectivity index (χ1n) is 7.68. The molecular weight excluding hydrogens is 322 g/mol. The number of nitrogens with zero attached hydrogens (tertiary/aromatic N) is 3. The van der Waals surface area contributed by atoms with Gasteiger partial charge in [-0.2, -0.15) is 11.3 Å². The van der Waals surface area contributed by atoms with Crippen molar-refractivity contribution in [1.29, 1.82) is 0 Å². The molecule has 2 aromatic heterocycles. The molecular formula is C18H19N3O2S. The first-order valence-corrected chi connectivity index (χ1v) is 8.62. The summed E-state index contributed by atoms with van der Waals surface area (Å²) in [6, 6.07) is 9.93. The van der Waals surface area contributed by atoms with Crippen LogP contribution in [0.25, 0.3) is 22.3 Å². The number of anilines is 1. The van der Waals surface area contributed by atoms with E-state index in [0.717, 1.165) is 22.3 Å². The van der Waals surface area contributed by atoms with Gasteiger partial charge in [0.05, 0.1) is 18.5 Å². The first-order chi connectivity index (χ1) is 11.6. The number of hydrogen-bond donors (Lipinski definition) is 0. The van der Waals surface area contributed by atoms with Crippen molar-refractivity contribution in [2.75, 3.05) is 25.6 Å². The van der Waals surface area contributed by atoms with Crippen LogP contribution >= 0.6 is 11.3 Å². The lowest BCUT2D eigenvalue weighted by Gasteiger charge is -2.23. The van der Waals surface area contributed by atoms with Crippen molar-refractivity contribution in [2.24, 2.45) is 5.92 Å². The van der Waals surface area contributed by atoms with Crippen LogP contribution in [-0.4, -0.2) is 36.6 Å². The lowest BCUT2D eigenvalue weighted by molar-refractivity contribution is -0.144. The number of carbonyl (C=O) groups excluding carboxylic acids is 1. The van der Waals surface area contributed by atoms with E-state index in [1.165, 1.54) is 7.11 Å². The van der Waals surface area contributed by atoms with E-state index >= 15 is 0 Å². The molecule has 24 heavy (non-hydrogen) atoms. The van der Waals surface area contributed by atoms with Gasteiger partial charge >= 0.3 is 5.97 Å². The second-order valence-corrected chi connectivity index (χ2v) is 6.48. The predicted molar refractivity (Wildman–Crippen MR) is 97.3 cm³/mol. The summed E-state index contributed by atoms with van der Waals surface area (Å²) in [6.07, 6.45) is 0. The highest BCUT2D eigenvalue weighted by Gasteiger charge is 2.19. The summed E-state index contributed by atoms with van der Waals surface area (Å²) < 4.78 is 4.82. The van der Waals surface area contributed by atoms with Crippen molar-refractivity contribution in [3.05, 3.63) is 41.1 Å². The minimum absolute atomic E-state index is 0.224. The standard InChI is InChI=1S/C18H19N3O2S/c1-12(18(22)23-3)10-21(2)17-14-6-4-5-7-15(14)19-16(20-17)13-8-9-24-11-13/h4-9,11-12H,10H2,1-3H3. The normalized spacial score (nSPS) is 12.1. The number of fused-ring (bicyclic) bond motifs is 1. The van der Waals surface area contributed by atoms with Crippen molar-refractivity contribution in [1.82, 2.24) is 9.97 Å². The number of para-hydroxylation sites is 1. The van der Waals surface area contributed by atoms with E-state index in [0.29, 0.717) is 12.4 Å². The van der Waals surface area contributed by atoms with Crippen LogP contribution in [-0.2, 0) is 9.53 Å². The number of benzene rings is 1. The minimum Gasteiger partial charge on any atom is -0.469 e. The van der Waals surface area contributed by atoms with Crippen LogP contribution in [0, 0.1) is 5.92 Å². The number of ether oxygens (including phenoxy) is 1. The fraction of sp³-hybridized carbons (Fsp3) is 0.278. The zero-order valence-corrected chi connectivity index (χ0v) is 14.7. The summed E-state index contributed by atoms with van der Waals surface area (Å²) in [6.45, 7) is 2.38. The third kappa shape index (κ3) is 3.23. The van der Waals surface area contributed by atoms with Gasteiger partial charge in [-0.15, -0.1) is 0 Å². The lowest BCUT2D eigenvalue weighted by Crippen LogP contribution is -2.30. The molecule has 0 aliphatic heterocycles. The molecule has 0 saturated heterocycles. The Morgan fingerprint density at radius 2 is 2.08 bits per heavy atom. The quantitative estimate of drug-likeness (QED) is 0.664. The maximum atomic E-state index is 11.7. The molecule has 1 unspecified atom stereocenters. The van der Waals surface area contributed by atoms with E-state index < -0.39 is 0 Å². The molecule has 0 fully saturated rings. The SMILES string of the molecule is COC(=O)C(C)CN(C)c1nc(-c2ccsc2)nc2ccccc12. The Hall–Kier alpha value is -2.47. The molecule has 5 nitrogen and oxygen atoms in total. The number of esters is 1. The molecule has 0 aliphatic carbocycles. The average molecular weight is 341 g/mol. The number of carbonyl (C=O) groups is 1. The number of methoxy groups -OCH3 is 1. The van der Waals surface area contributed by atoms with E-state index in [9.17, 15) is 4.79 Å². The summed E-state index contributed by atoms with van der Waals surface area (Å²) in [5.41, 5.74) is 1.89. The van der Waals surface area contributed by atoms with Gasteiger partial charge < -0.3 is 9.64 Å². The van der Waals surface area contributed by atoms with Crippen molar-refractivity contribution in [2.45, 2.75) is 6.92 Å². The van der Waals surface area contributed by atoms with Gasteiger partial charge in [-0.05, 0) is 23.6 Å². The molecule has 1 atom stereocenters. The van der Waals surface area contributed by atoms with Crippen LogP contribution in [0.5, 0.6) is 0 Å². The van der Waals surface area contributed by atoms with Crippen LogP contribution in [0.15, 0.2) is 41.1 Å². The highest BCUT2D eigenvalue weighted by Crippen LogP contribution is 2.28. The van der Waals surface area contributed by atoms with Gasteiger partial charge in [0.25, 0.3) is 0 Å². The molecule has 0 N–H and O–H groups in total.